The average molecular weight is 219 g/mol. The van der Waals surface area contributed by atoms with E-state index in [0.717, 1.165) is 17.1 Å². The summed E-state index contributed by atoms with van der Waals surface area (Å²) in [5.74, 6) is 1.46. The molecule has 0 fully saturated rings. The molecule has 0 amide bonds. The fourth-order valence-corrected chi connectivity index (χ4v) is 1.36. The molecule has 0 unspecified atom stereocenters. The summed E-state index contributed by atoms with van der Waals surface area (Å²) >= 11 is 0. The van der Waals surface area contributed by atoms with Crippen molar-refractivity contribution in [2.45, 2.75) is 33.3 Å². The van der Waals surface area contributed by atoms with Gasteiger partial charge in [-0.25, -0.2) is 0 Å². The molecule has 2 nitrogen and oxygen atoms in total. The summed E-state index contributed by atoms with van der Waals surface area (Å²) in [6, 6.07) is 5.72. The van der Waals surface area contributed by atoms with Crippen LogP contribution >= 0.6 is 0 Å². The topological polar surface area (TPSA) is 18.5 Å². The molecule has 2 heteroatoms. The van der Waals surface area contributed by atoms with Gasteiger partial charge in [-0.1, -0.05) is 18.7 Å². The van der Waals surface area contributed by atoms with Crippen molar-refractivity contribution < 1.29 is 9.47 Å². The van der Waals surface area contributed by atoms with Crippen LogP contribution in [0.3, 0.4) is 0 Å². The van der Waals surface area contributed by atoms with Gasteiger partial charge in [0.15, 0.2) is 11.5 Å². The molecular weight excluding hydrogens is 200 g/mol. The number of rotatable bonds is 4. The molecule has 1 rings (SSSR count). The second-order valence-corrected chi connectivity index (χ2v) is 4.46. The fourth-order valence-electron chi connectivity index (χ4n) is 1.36. The second-order valence-electron chi connectivity index (χ2n) is 4.46. The standard InChI is InChI=1S/C14H19O2/c1-6-11-9-8-10-12(13(11)15-7-2)16-14(3,4)5/h8-10H,1,7H2,2-5H3. The molecule has 1 radical (unpaired) electrons. The van der Waals surface area contributed by atoms with Gasteiger partial charge < -0.3 is 9.47 Å². The van der Waals surface area contributed by atoms with Crippen molar-refractivity contribution >= 4 is 0 Å². The highest BCUT2D eigenvalue weighted by Crippen LogP contribution is 2.33. The van der Waals surface area contributed by atoms with Crippen LogP contribution < -0.4 is 9.47 Å². The minimum atomic E-state index is -0.244. The van der Waals surface area contributed by atoms with Crippen LogP contribution in [0.2, 0.25) is 0 Å². The maximum absolute atomic E-state index is 5.84. The third-order valence-corrected chi connectivity index (χ3v) is 1.87. The smallest absolute Gasteiger partial charge is 0.168 e. The summed E-state index contributed by atoms with van der Waals surface area (Å²) in [6.07, 6.45) is 2.85. The second kappa shape index (κ2) is 5.06. The van der Waals surface area contributed by atoms with Crippen LogP contribution in [0.5, 0.6) is 11.5 Å². The highest BCUT2D eigenvalue weighted by molar-refractivity contribution is 5.49. The Morgan fingerprint density at radius 3 is 2.50 bits per heavy atom. The van der Waals surface area contributed by atoms with Gasteiger partial charge in [0.05, 0.1) is 6.61 Å². The van der Waals surface area contributed by atoms with Gasteiger partial charge in [0.1, 0.15) is 5.60 Å². The van der Waals surface area contributed by atoms with Crippen molar-refractivity contribution in [3.8, 4) is 11.5 Å². The van der Waals surface area contributed by atoms with Gasteiger partial charge >= 0.3 is 0 Å². The van der Waals surface area contributed by atoms with Crippen molar-refractivity contribution in [2.75, 3.05) is 6.61 Å². The van der Waals surface area contributed by atoms with E-state index in [1.54, 1.807) is 0 Å². The Labute approximate surface area is 97.9 Å². The summed E-state index contributed by atoms with van der Waals surface area (Å²) in [5, 5.41) is 0. The van der Waals surface area contributed by atoms with E-state index in [0.29, 0.717) is 6.61 Å². The maximum Gasteiger partial charge on any atom is 0.168 e. The zero-order valence-electron chi connectivity index (χ0n) is 10.5. The third-order valence-electron chi connectivity index (χ3n) is 1.87. The van der Waals surface area contributed by atoms with E-state index in [1.807, 2.05) is 45.9 Å². The number of ether oxygens (including phenoxy) is 2. The Kier molecular flexibility index (Phi) is 3.99. The molecule has 0 saturated carbocycles. The van der Waals surface area contributed by atoms with Gasteiger partial charge in [-0.15, -0.1) is 0 Å². The van der Waals surface area contributed by atoms with E-state index in [9.17, 15) is 0 Å². The highest BCUT2D eigenvalue weighted by atomic mass is 16.5. The Morgan fingerprint density at radius 2 is 2.00 bits per heavy atom. The summed E-state index contributed by atoms with van der Waals surface area (Å²) in [5.41, 5.74) is 0.592. The molecule has 0 N–H and O–H groups in total. The first-order chi connectivity index (χ1) is 7.48. The molecule has 0 spiro atoms. The van der Waals surface area contributed by atoms with E-state index in [1.165, 1.54) is 0 Å². The lowest BCUT2D eigenvalue weighted by atomic mass is 10.1. The quantitative estimate of drug-likeness (QED) is 0.770. The predicted octanol–water partition coefficient (Wildman–Crippen LogP) is 3.60. The van der Waals surface area contributed by atoms with Gasteiger partial charge in [0, 0.05) is 5.56 Å². The van der Waals surface area contributed by atoms with Gasteiger partial charge in [0.25, 0.3) is 0 Å². The molecule has 16 heavy (non-hydrogen) atoms. The van der Waals surface area contributed by atoms with E-state index >= 15 is 0 Å². The Bertz CT molecular complexity index is 361. The fraction of sp³-hybridized carbons (Fsp3) is 0.429. The van der Waals surface area contributed by atoms with Gasteiger partial charge in [-0.05, 0) is 39.8 Å². The average Bonchev–Trinajstić information content (AvgIpc) is 2.18. The van der Waals surface area contributed by atoms with Gasteiger partial charge in [0.2, 0.25) is 0 Å². The van der Waals surface area contributed by atoms with E-state index < -0.39 is 0 Å². The Hall–Kier alpha value is -1.44. The summed E-state index contributed by atoms with van der Waals surface area (Å²) in [6.45, 7) is 12.2. The molecule has 0 bridgehead atoms. The van der Waals surface area contributed by atoms with Crippen molar-refractivity contribution in [1.29, 1.82) is 0 Å². The number of hydrogen-bond donors (Lipinski definition) is 0. The van der Waals surface area contributed by atoms with Crippen molar-refractivity contribution in [3.63, 3.8) is 0 Å². The van der Waals surface area contributed by atoms with Crippen LogP contribution in [-0.2, 0) is 0 Å². The lowest BCUT2D eigenvalue weighted by Crippen LogP contribution is -2.23. The molecule has 0 aliphatic rings. The number of hydrogen-bond acceptors (Lipinski definition) is 2. The Balaban J connectivity index is 3.11. The lowest BCUT2D eigenvalue weighted by Gasteiger charge is -2.23. The molecule has 0 aromatic heterocycles. The molecule has 1 aromatic rings. The van der Waals surface area contributed by atoms with Crippen molar-refractivity contribution in [1.82, 2.24) is 0 Å². The molecule has 0 heterocycles. The number of benzene rings is 1. The summed E-state index contributed by atoms with van der Waals surface area (Å²) in [7, 11) is 0. The first-order valence-corrected chi connectivity index (χ1v) is 5.46. The number of para-hydroxylation sites is 1. The van der Waals surface area contributed by atoms with Crippen LogP contribution in [0.4, 0.5) is 0 Å². The molecular formula is C14H19O2. The van der Waals surface area contributed by atoms with Crippen LogP contribution in [-0.4, -0.2) is 12.2 Å². The van der Waals surface area contributed by atoms with Crippen LogP contribution in [0.15, 0.2) is 24.8 Å². The Morgan fingerprint density at radius 1 is 1.31 bits per heavy atom. The predicted molar refractivity (Wildman–Crippen MR) is 66.0 cm³/mol. The van der Waals surface area contributed by atoms with Crippen molar-refractivity contribution in [3.05, 3.63) is 36.4 Å². The molecule has 87 valence electrons. The largest absolute Gasteiger partial charge is 0.489 e. The molecule has 0 saturated heterocycles. The van der Waals surface area contributed by atoms with Gasteiger partial charge in [-0.3, -0.25) is 0 Å². The van der Waals surface area contributed by atoms with E-state index in [-0.39, 0.29) is 5.60 Å². The van der Waals surface area contributed by atoms with Crippen LogP contribution in [0.1, 0.15) is 33.3 Å². The minimum absolute atomic E-state index is 0.244. The molecule has 0 aliphatic carbocycles. The normalized spacial score (nSPS) is 11.0. The molecule has 0 atom stereocenters. The summed E-state index contributed by atoms with van der Waals surface area (Å²) < 4.78 is 11.4. The van der Waals surface area contributed by atoms with Crippen LogP contribution in [0.25, 0.3) is 0 Å². The molecule has 0 aliphatic heterocycles. The zero-order chi connectivity index (χ0) is 12.2. The van der Waals surface area contributed by atoms with Gasteiger partial charge in [-0.2, -0.15) is 0 Å². The van der Waals surface area contributed by atoms with Crippen molar-refractivity contribution in [2.24, 2.45) is 0 Å². The third kappa shape index (κ3) is 3.30. The van der Waals surface area contributed by atoms with E-state index in [2.05, 4.69) is 12.7 Å². The molecule has 1 aromatic carbocycles. The maximum atomic E-state index is 5.84. The monoisotopic (exact) mass is 219 g/mol. The van der Waals surface area contributed by atoms with Crippen LogP contribution in [0, 0.1) is 6.08 Å². The SMILES string of the molecule is C=[C]c1cccc(OC(C)(C)C)c1OCC. The summed E-state index contributed by atoms with van der Waals surface area (Å²) in [4.78, 5) is 0. The first kappa shape index (κ1) is 12.6. The zero-order valence-corrected chi connectivity index (χ0v) is 10.5. The lowest BCUT2D eigenvalue weighted by molar-refractivity contribution is 0.124. The first-order valence-electron chi connectivity index (χ1n) is 5.46. The highest BCUT2D eigenvalue weighted by Gasteiger charge is 2.16. The minimum Gasteiger partial charge on any atom is -0.489 e. The van der Waals surface area contributed by atoms with E-state index in [4.69, 9.17) is 9.47 Å².